The molecule has 3 heteroatoms. The number of aromatic nitrogens is 1. The summed E-state index contributed by atoms with van der Waals surface area (Å²) in [6.45, 7) is 3.88. The molecule has 0 saturated heterocycles. The highest BCUT2D eigenvalue weighted by atomic mass is 35.5. The van der Waals surface area contributed by atoms with Crippen molar-refractivity contribution < 1.29 is 4.39 Å². The fraction of sp³-hybridized carbons (Fsp3) is 0.500. The van der Waals surface area contributed by atoms with Crippen LogP contribution < -0.4 is 0 Å². The largest absolute Gasteiger partial charge is 0.258 e. The smallest absolute Gasteiger partial charge is 0.145 e. The van der Waals surface area contributed by atoms with Crippen LogP contribution in [0.2, 0.25) is 0 Å². The standard InChI is InChI=1S/C10H13ClFN/c1-3-8(11)7(2)10-9(12)5-4-6-13-10/h4-8H,3H2,1-2H3. The van der Waals surface area contributed by atoms with Gasteiger partial charge in [0, 0.05) is 17.5 Å². The number of rotatable bonds is 3. The summed E-state index contributed by atoms with van der Waals surface area (Å²) in [4.78, 5) is 3.99. The molecule has 0 aliphatic heterocycles. The number of hydrogen-bond acceptors (Lipinski definition) is 1. The maximum absolute atomic E-state index is 13.2. The van der Waals surface area contributed by atoms with Crippen LogP contribution in [0.5, 0.6) is 0 Å². The lowest BCUT2D eigenvalue weighted by Gasteiger charge is -2.15. The van der Waals surface area contributed by atoms with Crippen molar-refractivity contribution in [3.05, 3.63) is 29.8 Å². The first-order valence-electron chi connectivity index (χ1n) is 4.41. The van der Waals surface area contributed by atoms with Gasteiger partial charge in [-0.3, -0.25) is 4.98 Å². The first-order valence-corrected chi connectivity index (χ1v) is 4.85. The van der Waals surface area contributed by atoms with Crippen molar-refractivity contribution in [2.75, 3.05) is 0 Å². The molecule has 0 saturated carbocycles. The van der Waals surface area contributed by atoms with Crippen molar-refractivity contribution in [1.82, 2.24) is 4.98 Å². The molecule has 2 unspecified atom stereocenters. The van der Waals surface area contributed by atoms with Crippen LogP contribution in [0, 0.1) is 5.82 Å². The molecule has 72 valence electrons. The van der Waals surface area contributed by atoms with Crippen LogP contribution in [0.1, 0.15) is 31.9 Å². The number of hydrogen-bond donors (Lipinski definition) is 0. The fourth-order valence-electron chi connectivity index (χ4n) is 1.26. The van der Waals surface area contributed by atoms with Crippen LogP contribution in [-0.4, -0.2) is 10.4 Å². The van der Waals surface area contributed by atoms with Crippen molar-refractivity contribution in [2.45, 2.75) is 31.6 Å². The van der Waals surface area contributed by atoms with Gasteiger partial charge in [-0.2, -0.15) is 0 Å². The van der Waals surface area contributed by atoms with Gasteiger partial charge >= 0.3 is 0 Å². The second-order valence-corrected chi connectivity index (χ2v) is 3.64. The van der Waals surface area contributed by atoms with E-state index in [1.165, 1.54) is 6.07 Å². The third-order valence-corrected chi connectivity index (χ3v) is 2.84. The molecule has 1 nitrogen and oxygen atoms in total. The summed E-state index contributed by atoms with van der Waals surface area (Å²) in [6, 6.07) is 3.00. The Balaban J connectivity index is 2.88. The number of alkyl halides is 1. The maximum atomic E-state index is 13.2. The molecule has 0 aliphatic carbocycles. The minimum absolute atomic E-state index is 0.0344. The van der Waals surface area contributed by atoms with Gasteiger partial charge in [0.25, 0.3) is 0 Å². The van der Waals surface area contributed by atoms with Crippen molar-refractivity contribution in [1.29, 1.82) is 0 Å². The lowest BCUT2D eigenvalue weighted by atomic mass is 10.0. The van der Waals surface area contributed by atoms with Gasteiger partial charge in [0.2, 0.25) is 0 Å². The molecule has 2 atom stereocenters. The minimum atomic E-state index is -0.269. The third-order valence-electron chi connectivity index (χ3n) is 2.15. The SMILES string of the molecule is CCC(Cl)C(C)c1ncccc1F. The molecule has 0 aliphatic rings. The highest BCUT2D eigenvalue weighted by Gasteiger charge is 2.18. The minimum Gasteiger partial charge on any atom is -0.258 e. The molecule has 0 radical (unpaired) electrons. The first-order chi connectivity index (χ1) is 6.16. The monoisotopic (exact) mass is 201 g/mol. The summed E-state index contributed by atoms with van der Waals surface area (Å²) in [6.07, 6.45) is 2.41. The zero-order valence-electron chi connectivity index (χ0n) is 7.80. The van der Waals surface area contributed by atoms with E-state index >= 15 is 0 Å². The number of pyridine rings is 1. The van der Waals surface area contributed by atoms with E-state index in [1.54, 1.807) is 12.3 Å². The van der Waals surface area contributed by atoms with Gasteiger partial charge in [-0.05, 0) is 18.6 Å². The van der Waals surface area contributed by atoms with E-state index in [0.717, 1.165) is 6.42 Å². The topological polar surface area (TPSA) is 12.9 Å². The Morgan fingerprint density at radius 3 is 2.85 bits per heavy atom. The van der Waals surface area contributed by atoms with Crippen LogP contribution in [0.15, 0.2) is 18.3 Å². The summed E-state index contributed by atoms with van der Waals surface area (Å²) in [7, 11) is 0. The van der Waals surface area contributed by atoms with Crippen molar-refractivity contribution >= 4 is 11.6 Å². The van der Waals surface area contributed by atoms with Gasteiger partial charge in [0.1, 0.15) is 5.82 Å². The average molecular weight is 202 g/mol. The van der Waals surface area contributed by atoms with Crippen LogP contribution in [0.25, 0.3) is 0 Å². The van der Waals surface area contributed by atoms with Gasteiger partial charge in [-0.1, -0.05) is 13.8 Å². The Hall–Kier alpha value is -0.630. The lowest BCUT2D eigenvalue weighted by Crippen LogP contribution is -2.11. The normalized spacial score (nSPS) is 15.4. The van der Waals surface area contributed by atoms with Crippen LogP contribution in [0.4, 0.5) is 4.39 Å². The van der Waals surface area contributed by atoms with Gasteiger partial charge < -0.3 is 0 Å². The molecule has 1 rings (SSSR count). The van der Waals surface area contributed by atoms with Crippen LogP contribution in [0.3, 0.4) is 0 Å². The Morgan fingerprint density at radius 1 is 1.62 bits per heavy atom. The highest BCUT2D eigenvalue weighted by molar-refractivity contribution is 6.21. The highest BCUT2D eigenvalue weighted by Crippen LogP contribution is 2.25. The lowest BCUT2D eigenvalue weighted by molar-refractivity contribution is 0.558. The number of nitrogens with zero attached hydrogens (tertiary/aromatic N) is 1. The predicted molar refractivity (Wildman–Crippen MR) is 52.5 cm³/mol. The fourth-order valence-corrected chi connectivity index (χ4v) is 1.38. The van der Waals surface area contributed by atoms with Crippen LogP contribution in [-0.2, 0) is 0 Å². The number of halogens is 2. The third kappa shape index (κ3) is 2.41. The zero-order chi connectivity index (χ0) is 9.84. The molecule has 1 heterocycles. The van der Waals surface area contributed by atoms with Crippen molar-refractivity contribution in [3.63, 3.8) is 0 Å². The Labute approximate surface area is 82.9 Å². The molecule has 1 aromatic heterocycles. The summed E-state index contributed by atoms with van der Waals surface area (Å²) in [5.41, 5.74) is 0.462. The maximum Gasteiger partial charge on any atom is 0.145 e. The molecule has 0 amide bonds. The van der Waals surface area contributed by atoms with Crippen molar-refractivity contribution in [2.24, 2.45) is 0 Å². The van der Waals surface area contributed by atoms with Crippen LogP contribution >= 0.6 is 11.6 Å². The van der Waals surface area contributed by atoms with Gasteiger partial charge in [0.15, 0.2) is 0 Å². The van der Waals surface area contributed by atoms with E-state index in [1.807, 2.05) is 13.8 Å². The molecule has 0 N–H and O–H groups in total. The second kappa shape index (κ2) is 4.56. The molecular formula is C10H13ClFN. The summed E-state index contributed by atoms with van der Waals surface area (Å²) in [5.74, 6) is -0.304. The summed E-state index contributed by atoms with van der Waals surface area (Å²) >= 11 is 6.02. The molecule has 0 aromatic carbocycles. The van der Waals surface area contributed by atoms with Gasteiger partial charge in [-0.15, -0.1) is 11.6 Å². The van der Waals surface area contributed by atoms with E-state index in [2.05, 4.69) is 4.98 Å². The first kappa shape index (κ1) is 10.5. The van der Waals surface area contributed by atoms with Crippen molar-refractivity contribution in [3.8, 4) is 0 Å². The van der Waals surface area contributed by atoms with E-state index in [0.29, 0.717) is 5.69 Å². The van der Waals surface area contributed by atoms with E-state index < -0.39 is 0 Å². The molecule has 0 bridgehead atoms. The predicted octanol–water partition coefficient (Wildman–Crippen LogP) is 3.34. The zero-order valence-corrected chi connectivity index (χ0v) is 8.55. The van der Waals surface area contributed by atoms with E-state index in [4.69, 9.17) is 11.6 Å². The Kier molecular flexibility index (Phi) is 3.67. The van der Waals surface area contributed by atoms with Gasteiger partial charge in [-0.25, -0.2) is 4.39 Å². The van der Waals surface area contributed by atoms with E-state index in [9.17, 15) is 4.39 Å². The molecule has 13 heavy (non-hydrogen) atoms. The molecular weight excluding hydrogens is 189 g/mol. The van der Waals surface area contributed by atoms with Gasteiger partial charge in [0.05, 0.1) is 5.69 Å². The molecule has 0 spiro atoms. The van der Waals surface area contributed by atoms with E-state index in [-0.39, 0.29) is 17.1 Å². The Morgan fingerprint density at radius 2 is 2.31 bits per heavy atom. The summed E-state index contributed by atoms with van der Waals surface area (Å²) < 4.78 is 13.2. The second-order valence-electron chi connectivity index (χ2n) is 3.08. The summed E-state index contributed by atoms with van der Waals surface area (Å²) in [5, 5.41) is -0.0515. The average Bonchev–Trinajstić information content (AvgIpc) is 2.16. The Bertz CT molecular complexity index is 277. The quantitative estimate of drug-likeness (QED) is 0.684. The molecule has 1 aromatic rings. The molecule has 0 fully saturated rings.